The third-order valence-corrected chi connectivity index (χ3v) is 4.17. The van der Waals surface area contributed by atoms with Gasteiger partial charge in [-0.3, -0.25) is 0 Å². The standard InChI is InChI=1S/C18H20O2/c1-17(2,3)18(19)14-11-7-8-12-15(14)20-16(18)13-9-5-4-6-10-13/h4-12,16,19H,1-3H3/t16-,18+/m1/s1. The molecule has 0 amide bonds. The summed E-state index contributed by atoms with van der Waals surface area (Å²) in [6.45, 7) is 6.15. The van der Waals surface area contributed by atoms with Crippen molar-refractivity contribution in [1.82, 2.24) is 0 Å². The first-order valence-electron chi connectivity index (χ1n) is 6.98. The average Bonchev–Trinajstić information content (AvgIpc) is 2.75. The first kappa shape index (κ1) is 13.2. The summed E-state index contributed by atoms with van der Waals surface area (Å²) < 4.78 is 6.09. The Morgan fingerprint density at radius 1 is 0.950 bits per heavy atom. The van der Waals surface area contributed by atoms with E-state index in [1.54, 1.807) is 0 Å². The van der Waals surface area contributed by atoms with Crippen LogP contribution in [0.4, 0.5) is 0 Å². The zero-order chi connectivity index (χ0) is 14.4. The number of hydrogen-bond acceptors (Lipinski definition) is 2. The van der Waals surface area contributed by atoms with Crippen LogP contribution in [0.1, 0.15) is 38.0 Å². The van der Waals surface area contributed by atoms with Crippen LogP contribution in [0.5, 0.6) is 5.75 Å². The number of ether oxygens (including phenoxy) is 1. The fourth-order valence-electron chi connectivity index (χ4n) is 2.97. The van der Waals surface area contributed by atoms with Crippen molar-refractivity contribution in [3.63, 3.8) is 0 Å². The highest BCUT2D eigenvalue weighted by Gasteiger charge is 2.55. The predicted octanol–water partition coefficient (Wildman–Crippen LogP) is 4.05. The molecule has 2 aromatic carbocycles. The molecule has 2 heteroatoms. The van der Waals surface area contributed by atoms with E-state index in [1.807, 2.05) is 54.6 Å². The molecule has 0 saturated heterocycles. The van der Waals surface area contributed by atoms with Crippen LogP contribution in [-0.2, 0) is 5.60 Å². The molecule has 0 bridgehead atoms. The molecular weight excluding hydrogens is 248 g/mol. The molecule has 0 unspecified atom stereocenters. The van der Waals surface area contributed by atoms with Crippen LogP contribution in [-0.4, -0.2) is 5.11 Å². The Kier molecular flexibility index (Phi) is 2.87. The number of aliphatic hydroxyl groups is 1. The van der Waals surface area contributed by atoms with Crippen molar-refractivity contribution >= 4 is 0 Å². The summed E-state index contributed by atoms with van der Waals surface area (Å²) in [5.41, 5.74) is 0.507. The zero-order valence-corrected chi connectivity index (χ0v) is 12.1. The molecule has 2 aromatic rings. The topological polar surface area (TPSA) is 29.5 Å². The van der Waals surface area contributed by atoms with E-state index >= 15 is 0 Å². The molecule has 1 N–H and O–H groups in total. The summed E-state index contributed by atoms with van der Waals surface area (Å²) in [6, 6.07) is 17.7. The molecular formula is C18H20O2. The first-order valence-corrected chi connectivity index (χ1v) is 6.98. The van der Waals surface area contributed by atoms with Crippen molar-refractivity contribution in [2.75, 3.05) is 0 Å². The van der Waals surface area contributed by atoms with E-state index < -0.39 is 5.60 Å². The van der Waals surface area contributed by atoms with E-state index in [4.69, 9.17) is 4.74 Å². The summed E-state index contributed by atoms with van der Waals surface area (Å²) in [6.07, 6.45) is -0.374. The second-order valence-corrected chi connectivity index (χ2v) is 6.42. The van der Waals surface area contributed by atoms with E-state index in [2.05, 4.69) is 20.8 Å². The molecule has 1 aliphatic heterocycles. The highest BCUT2D eigenvalue weighted by Crippen LogP contribution is 2.56. The summed E-state index contributed by atoms with van der Waals surface area (Å²) in [5.74, 6) is 0.777. The van der Waals surface area contributed by atoms with Crippen LogP contribution in [0, 0.1) is 5.41 Å². The minimum Gasteiger partial charge on any atom is -0.482 e. The van der Waals surface area contributed by atoms with Gasteiger partial charge in [0.15, 0.2) is 6.10 Å². The second-order valence-electron chi connectivity index (χ2n) is 6.42. The Morgan fingerprint density at radius 2 is 1.55 bits per heavy atom. The Labute approximate surface area is 120 Å². The van der Waals surface area contributed by atoms with Crippen molar-refractivity contribution in [3.05, 3.63) is 65.7 Å². The third kappa shape index (κ3) is 1.75. The fourth-order valence-corrected chi connectivity index (χ4v) is 2.97. The SMILES string of the molecule is CC(C)(C)[C@]1(O)c2ccccc2O[C@@H]1c1ccccc1. The van der Waals surface area contributed by atoms with E-state index in [0.717, 1.165) is 16.9 Å². The molecule has 0 saturated carbocycles. The van der Waals surface area contributed by atoms with Gasteiger partial charge < -0.3 is 9.84 Å². The molecule has 0 spiro atoms. The summed E-state index contributed by atoms with van der Waals surface area (Å²) in [7, 11) is 0. The summed E-state index contributed by atoms with van der Waals surface area (Å²) in [4.78, 5) is 0. The molecule has 0 radical (unpaired) electrons. The van der Waals surface area contributed by atoms with E-state index in [-0.39, 0.29) is 11.5 Å². The lowest BCUT2D eigenvalue weighted by Gasteiger charge is -2.40. The Hall–Kier alpha value is -1.80. The number of rotatable bonds is 1. The van der Waals surface area contributed by atoms with Crippen LogP contribution in [0.2, 0.25) is 0 Å². The van der Waals surface area contributed by atoms with Gasteiger partial charge in [-0.15, -0.1) is 0 Å². The molecule has 0 aromatic heterocycles. The maximum atomic E-state index is 11.5. The molecule has 1 aliphatic rings. The first-order chi connectivity index (χ1) is 9.44. The van der Waals surface area contributed by atoms with Gasteiger partial charge in [0.05, 0.1) is 0 Å². The van der Waals surface area contributed by atoms with Crippen LogP contribution >= 0.6 is 0 Å². The van der Waals surface area contributed by atoms with Crippen molar-refractivity contribution in [2.24, 2.45) is 5.41 Å². The molecule has 2 nitrogen and oxygen atoms in total. The fraction of sp³-hybridized carbons (Fsp3) is 0.333. The Bertz CT molecular complexity index is 613. The van der Waals surface area contributed by atoms with Crippen LogP contribution in [0.15, 0.2) is 54.6 Å². The molecule has 2 atom stereocenters. The monoisotopic (exact) mass is 268 g/mol. The van der Waals surface area contributed by atoms with Crippen LogP contribution < -0.4 is 4.74 Å². The smallest absolute Gasteiger partial charge is 0.157 e. The quantitative estimate of drug-likeness (QED) is 0.845. The van der Waals surface area contributed by atoms with Gasteiger partial charge in [-0.1, -0.05) is 69.3 Å². The molecule has 1 heterocycles. The van der Waals surface area contributed by atoms with Gasteiger partial charge in [0.2, 0.25) is 0 Å². The van der Waals surface area contributed by atoms with Gasteiger partial charge in [-0.2, -0.15) is 0 Å². The van der Waals surface area contributed by atoms with Gasteiger partial charge in [0.25, 0.3) is 0 Å². The van der Waals surface area contributed by atoms with E-state index in [0.29, 0.717) is 0 Å². The van der Waals surface area contributed by atoms with Crippen molar-refractivity contribution in [1.29, 1.82) is 0 Å². The lowest BCUT2D eigenvalue weighted by atomic mass is 9.68. The summed E-state index contributed by atoms with van der Waals surface area (Å²) >= 11 is 0. The maximum absolute atomic E-state index is 11.5. The minimum atomic E-state index is -1.04. The number of fused-ring (bicyclic) bond motifs is 1. The van der Waals surface area contributed by atoms with Crippen LogP contribution in [0.25, 0.3) is 0 Å². The van der Waals surface area contributed by atoms with Gasteiger partial charge in [0.1, 0.15) is 11.4 Å². The maximum Gasteiger partial charge on any atom is 0.157 e. The number of para-hydroxylation sites is 1. The van der Waals surface area contributed by atoms with Crippen molar-refractivity contribution in [2.45, 2.75) is 32.5 Å². The second kappa shape index (κ2) is 4.35. The highest BCUT2D eigenvalue weighted by atomic mass is 16.5. The largest absolute Gasteiger partial charge is 0.482 e. The van der Waals surface area contributed by atoms with Gasteiger partial charge >= 0.3 is 0 Å². The third-order valence-electron chi connectivity index (χ3n) is 4.17. The number of benzene rings is 2. The normalized spacial score (nSPS) is 25.1. The Balaban J connectivity index is 2.18. The highest BCUT2D eigenvalue weighted by molar-refractivity contribution is 5.46. The zero-order valence-electron chi connectivity index (χ0n) is 12.1. The molecule has 3 rings (SSSR count). The van der Waals surface area contributed by atoms with Gasteiger partial charge in [-0.05, 0) is 17.0 Å². The Morgan fingerprint density at radius 3 is 2.20 bits per heavy atom. The molecule has 20 heavy (non-hydrogen) atoms. The predicted molar refractivity (Wildman–Crippen MR) is 79.6 cm³/mol. The van der Waals surface area contributed by atoms with E-state index in [1.165, 1.54) is 0 Å². The lowest BCUT2D eigenvalue weighted by Crippen LogP contribution is -2.43. The van der Waals surface area contributed by atoms with Gasteiger partial charge in [0, 0.05) is 5.56 Å². The molecule has 0 fully saturated rings. The minimum absolute atomic E-state index is 0.333. The van der Waals surface area contributed by atoms with Crippen LogP contribution in [0.3, 0.4) is 0 Å². The molecule has 0 aliphatic carbocycles. The van der Waals surface area contributed by atoms with E-state index in [9.17, 15) is 5.11 Å². The van der Waals surface area contributed by atoms with Crippen molar-refractivity contribution < 1.29 is 9.84 Å². The lowest BCUT2D eigenvalue weighted by molar-refractivity contribution is -0.120. The van der Waals surface area contributed by atoms with Crippen molar-refractivity contribution in [3.8, 4) is 5.75 Å². The number of hydrogen-bond donors (Lipinski definition) is 1. The summed E-state index contributed by atoms with van der Waals surface area (Å²) in [5, 5.41) is 11.5. The van der Waals surface area contributed by atoms with Gasteiger partial charge in [-0.25, -0.2) is 0 Å². The molecule has 104 valence electrons. The average molecular weight is 268 g/mol.